The summed E-state index contributed by atoms with van der Waals surface area (Å²) in [6.07, 6.45) is 10.5. The molecule has 2 aliphatic rings. The summed E-state index contributed by atoms with van der Waals surface area (Å²) >= 11 is 0. The molecule has 3 heteroatoms. The number of hydrogen-bond acceptors (Lipinski definition) is 3. The molecule has 1 unspecified atom stereocenters. The maximum Gasteiger partial charge on any atom is 0.0270 e. The van der Waals surface area contributed by atoms with Crippen LogP contribution in [0.2, 0.25) is 0 Å². The Bertz CT molecular complexity index is 379. The average molecular weight is 259 g/mol. The largest absolute Gasteiger partial charge is 0.316 e. The van der Waals surface area contributed by atoms with Crippen molar-refractivity contribution in [2.75, 3.05) is 32.7 Å². The van der Waals surface area contributed by atoms with Crippen LogP contribution < -0.4 is 5.32 Å². The molecule has 1 aromatic heterocycles. The number of pyridine rings is 1. The minimum atomic E-state index is 0.578. The number of piperidine rings is 2. The van der Waals surface area contributed by atoms with Crippen LogP contribution in [-0.4, -0.2) is 42.6 Å². The smallest absolute Gasteiger partial charge is 0.0270 e. The standard InChI is InChI=1S/C16H25N3/c1-6-16(13-18-8-1)7-2-11-19(14-16)12-5-15-3-9-17-10-4-15/h3-4,9-10,18H,1-2,5-8,11-14H2. The average Bonchev–Trinajstić information content (AvgIpc) is 2.47. The highest BCUT2D eigenvalue weighted by Gasteiger charge is 2.36. The van der Waals surface area contributed by atoms with E-state index in [4.69, 9.17) is 0 Å². The van der Waals surface area contributed by atoms with Gasteiger partial charge in [0.1, 0.15) is 0 Å². The van der Waals surface area contributed by atoms with Gasteiger partial charge in [-0.3, -0.25) is 4.98 Å². The first-order valence-electron chi connectivity index (χ1n) is 7.68. The van der Waals surface area contributed by atoms with E-state index in [-0.39, 0.29) is 0 Å². The second kappa shape index (κ2) is 6.02. The number of likely N-dealkylation sites (tertiary alicyclic amines) is 1. The molecular weight excluding hydrogens is 234 g/mol. The summed E-state index contributed by atoms with van der Waals surface area (Å²) in [6.45, 7) is 6.24. The predicted octanol–water partition coefficient (Wildman–Crippen LogP) is 2.09. The summed E-state index contributed by atoms with van der Waals surface area (Å²) < 4.78 is 0. The van der Waals surface area contributed by atoms with Gasteiger partial charge in [0.25, 0.3) is 0 Å². The molecule has 0 aromatic carbocycles. The fourth-order valence-electron chi connectivity index (χ4n) is 3.72. The highest BCUT2D eigenvalue weighted by atomic mass is 15.1. The number of hydrogen-bond donors (Lipinski definition) is 1. The van der Waals surface area contributed by atoms with Crippen LogP contribution in [0.3, 0.4) is 0 Å². The Balaban J connectivity index is 1.53. The summed E-state index contributed by atoms with van der Waals surface area (Å²) in [6, 6.07) is 4.28. The molecule has 1 atom stereocenters. The molecule has 1 N–H and O–H groups in total. The van der Waals surface area contributed by atoms with E-state index in [2.05, 4.69) is 27.3 Å². The molecule has 2 aliphatic heterocycles. The molecular formula is C16H25N3. The molecule has 3 rings (SSSR count). The number of nitrogens with one attached hydrogen (secondary N) is 1. The fourth-order valence-corrected chi connectivity index (χ4v) is 3.72. The summed E-state index contributed by atoms with van der Waals surface area (Å²) in [5.41, 5.74) is 1.99. The topological polar surface area (TPSA) is 28.2 Å². The maximum absolute atomic E-state index is 4.09. The van der Waals surface area contributed by atoms with Crippen molar-refractivity contribution in [3.63, 3.8) is 0 Å². The van der Waals surface area contributed by atoms with Gasteiger partial charge >= 0.3 is 0 Å². The molecule has 3 nitrogen and oxygen atoms in total. The first-order chi connectivity index (χ1) is 9.36. The van der Waals surface area contributed by atoms with Gasteiger partial charge in [0, 0.05) is 32.0 Å². The SMILES string of the molecule is c1cc(CCN2CCCC3(CCCNC3)C2)ccn1. The van der Waals surface area contributed by atoms with Gasteiger partial charge in [0.15, 0.2) is 0 Å². The summed E-state index contributed by atoms with van der Waals surface area (Å²) in [5, 5.41) is 3.60. The summed E-state index contributed by atoms with van der Waals surface area (Å²) in [4.78, 5) is 6.76. The molecule has 1 aromatic rings. The highest BCUT2D eigenvalue weighted by Crippen LogP contribution is 2.35. The van der Waals surface area contributed by atoms with E-state index in [1.54, 1.807) is 0 Å². The molecule has 0 amide bonds. The second-order valence-corrected chi connectivity index (χ2v) is 6.27. The van der Waals surface area contributed by atoms with Crippen LogP contribution in [0.25, 0.3) is 0 Å². The summed E-state index contributed by atoms with van der Waals surface area (Å²) in [5.74, 6) is 0. The van der Waals surface area contributed by atoms with Gasteiger partial charge in [-0.15, -0.1) is 0 Å². The van der Waals surface area contributed by atoms with Gasteiger partial charge in [0.05, 0.1) is 0 Å². The molecule has 0 saturated carbocycles. The monoisotopic (exact) mass is 259 g/mol. The van der Waals surface area contributed by atoms with Crippen molar-refractivity contribution < 1.29 is 0 Å². The highest BCUT2D eigenvalue weighted by molar-refractivity contribution is 5.10. The van der Waals surface area contributed by atoms with Gasteiger partial charge in [-0.05, 0) is 68.3 Å². The van der Waals surface area contributed by atoms with Crippen molar-refractivity contribution >= 4 is 0 Å². The lowest BCUT2D eigenvalue weighted by Gasteiger charge is -2.45. The van der Waals surface area contributed by atoms with E-state index in [1.165, 1.54) is 64.0 Å². The van der Waals surface area contributed by atoms with Crippen molar-refractivity contribution in [2.45, 2.75) is 32.1 Å². The van der Waals surface area contributed by atoms with E-state index < -0.39 is 0 Å². The van der Waals surface area contributed by atoms with Crippen LogP contribution in [0.15, 0.2) is 24.5 Å². The molecule has 0 radical (unpaired) electrons. The van der Waals surface area contributed by atoms with Gasteiger partial charge < -0.3 is 10.2 Å². The van der Waals surface area contributed by atoms with E-state index in [9.17, 15) is 0 Å². The van der Waals surface area contributed by atoms with Gasteiger partial charge in [-0.2, -0.15) is 0 Å². The zero-order valence-electron chi connectivity index (χ0n) is 11.8. The van der Waals surface area contributed by atoms with Crippen LogP contribution in [0, 0.1) is 5.41 Å². The Hall–Kier alpha value is -0.930. The third kappa shape index (κ3) is 3.34. The van der Waals surface area contributed by atoms with E-state index in [1.807, 2.05) is 12.4 Å². The molecule has 3 heterocycles. The molecule has 1 spiro atoms. The quantitative estimate of drug-likeness (QED) is 0.901. The number of rotatable bonds is 3. The Morgan fingerprint density at radius 3 is 2.84 bits per heavy atom. The van der Waals surface area contributed by atoms with Crippen LogP contribution in [0.4, 0.5) is 0 Å². The van der Waals surface area contributed by atoms with Crippen molar-refractivity contribution in [1.82, 2.24) is 15.2 Å². The maximum atomic E-state index is 4.09. The Morgan fingerprint density at radius 1 is 1.21 bits per heavy atom. The Morgan fingerprint density at radius 2 is 2.05 bits per heavy atom. The number of nitrogens with zero attached hydrogens (tertiary/aromatic N) is 2. The van der Waals surface area contributed by atoms with Crippen LogP contribution in [0.5, 0.6) is 0 Å². The van der Waals surface area contributed by atoms with Crippen molar-refractivity contribution in [1.29, 1.82) is 0 Å². The minimum absolute atomic E-state index is 0.578. The normalized spacial score (nSPS) is 28.6. The molecule has 0 aliphatic carbocycles. The third-order valence-corrected chi connectivity index (χ3v) is 4.77. The lowest BCUT2D eigenvalue weighted by Crippen LogP contribution is -2.51. The molecule has 19 heavy (non-hydrogen) atoms. The Labute approximate surface area is 116 Å². The Kier molecular flexibility index (Phi) is 4.14. The second-order valence-electron chi connectivity index (χ2n) is 6.27. The lowest BCUT2D eigenvalue weighted by atomic mass is 9.74. The van der Waals surface area contributed by atoms with Crippen LogP contribution in [-0.2, 0) is 6.42 Å². The van der Waals surface area contributed by atoms with Crippen molar-refractivity contribution in [3.05, 3.63) is 30.1 Å². The third-order valence-electron chi connectivity index (χ3n) is 4.77. The summed E-state index contributed by atoms with van der Waals surface area (Å²) in [7, 11) is 0. The fraction of sp³-hybridized carbons (Fsp3) is 0.688. The zero-order valence-corrected chi connectivity index (χ0v) is 11.8. The lowest BCUT2D eigenvalue weighted by molar-refractivity contribution is 0.0654. The minimum Gasteiger partial charge on any atom is -0.316 e. The molecule has 104 valence electrons. The first-order valence-corrected chi connectivity index (χ1v) is 7.68. The predicted molar refractivity (Wildman–Crippen MR) is 78.2 cm³/mol. The van der Waals surface area contributed by atoms with Gasteiger partial charge in [-0.25, -0.2) is 0 Å². The molecule has 2 fully saturated rings. The van der Waals surface area contributed by atoms with Gasteiger partial charge in [-0.1, -0.05) is 0 Å². The van der Waals surface area contributed by atoms with Crippen LogP contribution >= 0.6 is 0 Å². The van der Waals surface area contributed by atoms with E-state index in [0.29, 0.717) is 5.41 Å². The van der Waals surface area contributed by atoms with E-state index >= 15 is 0 Å². The molecule has 2 saturated heterocycles. The van der Waals surface area contributed by atoms with Crippen molar-refractivity contribution in [2.24, 2.45) is 5.41 Å². The van der Waals surface area contributed by atoms with Crippen LogP contribution in [0.1, 0.15) is 31.2 Å². The first kappa shape index (κ1) is 13.1. The van der Waals surface area contributed by atoms with Gasteiger partial charge in [0.2, 0.25) is 0 Å². The van der Waals surface area contributed by atoms with Crippen molar-refractivity contribution in [3.8, 4) is 0 Å². The number of aromatic nitrogens is 1. The zero-order chi connectivity index (χ0) is 13.0. The molecule has 0 bridgehead atoms. The van der Waals surface area contributed by atoms with E-state index in [0.717, 1.165) is 6.42 Å².